The number of hydrogen-bond donors (Lipinski definition) is 6. The highest BCUT2D eigenvalue weighted by molar-refractivity contribution is 5.89. The van der Waals surface area contributed by atoms with E-state index in [1.54, 1.807) is 0 Å². The Kier molecular flexibility index (Phi) is 4.66. The summed E-state index contributed by atoms with van der Waals surface area (Å²) in [5.74, 6) is -2.59. The van der Waals surface area contributed by atoms with Gasteiger partial charge in [0, 0.05) is 0 Å². The Morgan fingerprint density at radius 2 is 1.90 bits per heavy atom. The van der Waals surface area contributed by atoms with Crippen LogP contribution in [0.15, 0.2) is 11.5 Å². The first kappa shape index (κ1) is 15.9. The summed E-state index contributed by atoms with van der Waals surface area (Å²) in [5.41, 5.74) is 0. The highest BCUT2D eigenvalue weighted by atomic mass is 16.7. The zero-order valence-corrected chi connectivity index (χ0v) is 10.7. The van der Waals surface area contributed by atoms with E-state index in [2.05, 4.69) is 4.74 Å². The van der Waals surface area contributed by atoms with Crippen molar-refractivity contribution in [3.63, 3.8) is 0 Å². The quantitative estimate of drug-likeness (QED) is 0.280. The summed E-state index contributed by atoms with van der Waals surface area (Å²) in [6.07, 6.45) is -8.64. The van der Waals surface area contributed by atoms with E-state index in [0.717, 1.165) is 0 Å². The minimum absolute atomic E-state index is 0.584. The van der Waals surface area contributed by atoms with Gasteiger partial charge in [-0.25, -0.2) is 4.79 Å². The van der Waals surface area contributed by atoms with E-state index in [1.807, 2.05) is 0 Å². The van der Waals surface area contributed by atoms with Gasteiger partial charge in [-0.2, -0.15) is 0 Å². The zero-order chi connectivity index (χ0) is 15.7. The van der Waals surface area contributed by atoms with Crippen LogP contribution in [0.3, 0.4) is 0 Å². The molecule has 2 heterocycles. The van der Waals surface area contributed by atoms with E-state index in [0.29, 0.717) is 0 Å². The molecule has 2 aliphatic rings. The van der Waals surface area contributed by atoms with Gasteiger partial charge in [0.05, 0.1) is 13.2 Å². The summed E-state index contributed by atoms with van der Waals surface area (Å²) in [4.78, 5) is 11.5. The van der Waals surface area contributed by atoms with Crippen molar-refractivity contribution in [2.75, 3.05) is 13.2 Å². The molecule has 6 atom stereocenters. The maximum absolute atomic E-state index is 11.5. The summed E-state index contributed by atoms with van der Waals surface area (Å²) in [7, 11) is 0. The first-order valence-electron chi connectivity index (χ1n) is 6.12. The van der Waals surface area contributed by atoms with Gasteiger partial charge in [-0.3, -0.25) is 0 Å². The van der Waals surface area contributed by atoms with Crippen molar-refractivity contribution < 1.29 is 49.6 Å². The molecule has 0 saturated carbocycles. The van der Waals surface area contributed by atoms with Crippen molar-refractivity contribution in [2.45, 2.75) is 36.8 Å². The van der Waals surface area contributed by atoms with Crippen LogP contribution >= 0.6 is 0 Å². The standard InChI is InChI=1S/C11H16O10/c12-1-3(14)8-7(17)9(10(18)20-8)21-11-6(16)5(15)4(2-13)19-11/h3-6,8,11-17H,1-2H2/t3-,4+,5+,6+,8+,11-/m0/s1. The van der Waals surface area contributed by atoms with E-state index in [9.17, 15) is 25.2 Å². The van der Waals surface area contributed by atoms with Crippen LogP contribution in [-0.4, -0.2) is 86.6 Å². The first-order chi connectivity index (χ1) is 9.90. The van der Waals surface area contributed by atoms with Crippen LogP contribution in [0.1, 0.15) is 0 Å². The number of carbonyl (C=O) groups is 1. The third kappa shape index (κ3) is 2.81. The van der Waals surface area contributed by atoms with Gasteiger partial charge in [0.2, 0.25) is 12.0 Å². The van der Waals surface area contributed by atoms with Crippen molar-refractivity contribution in [2.24, 2.45) is 0 Å². The predicted molar refractivity (Wildman–Crippen MR) is 61.5 cm³/mol. The van der Waals surface area contributed by atoms with Crippen molar-refractivity contribution >= 4 is 5.97 Å². The van der Waals surface area contributed by atoms with Gasteiger partial charge >= 0.3 is 5.97 Å². The zero-order valence-electron chi connectivity index (χ0n) is 10.7. The van der Waals surface area contributed by atoms with Crippen LogP contribution in [0, 0.1) is 0 Å². The Morgan fingerprint density at radius 3 is 2.43 bits per heavy atom. The number of ether oxygens (including phenoxy) is 3. The lowest BCUT2D eigenvalue weighted by molar-refractivity contribution is -0.166. The maximum atomic E-state index is 11.5. The number of cyclic esters (lactones) is 1. The second kappa shape index (κ2) is 6.13. The van der Waals surface area contributed by atoms with Gasteiger partial charge in [0.1, 0.15) is 24.4 Å². The summed E-state index contributed by atoms with van der Waals surface area (Å²) >= 11 is 0. The van der Waals surface area contributed by atoms with Crippen LogP contribution in [0.25, 0.3) is 0 Å². The second-order valence-electron chi connectivity index (χ2n) is 4.61. The molecule has 0 amide bonds. The van der Waals surface area contributed by atoms with Crippen molar-refractivity contribution in [3.05, 3.63) is 11.5 Å². The lowest BCUT2D eigenvalue weighted by atomic mass is 10.1. The Bertz CT molecular complexity index is 435. The SMILES string of the molecule is O=C1O[C@H]([C@@H](O)CO)C(O)=C1O[C@@H]1O[C@H](CO)[C@@H](O)[C@H]1O. The van der Waals surface area contributed by atoms with E-state index in [4.69, 9.17) is 19.7 Å². The molecule has 2 aliphatic heterocycles. The molecule has 0 radical (unpaired) electrons. The minimum Gasteiger partial charge on any atom is -0.505 e. The molecule has 10 nitrogen and oxygen atoms in total. The van der Waals surface area contributed by atoms with Gasteiger partial charge in [-0.15, -0.1) is 0 Å². The Balaban J connectivity index is 2.12. The fraction of sp³-hybridized carbons (Fsp3) is 0.727. The van der Waals surface area contributed by atoms with Gasteiger partial charge in [0.15, 0.2) is 11.9 Å². The number of esters is 1. The molecule has 0 bridgehead atoms. The molecular formula is C11H16O10. The molecule has 1 fully saturated rings. The van der Waals surface area contributed by atoms with Gasteiger partial charge < -0.3 is 44.8 Å². The maximum Gasteiger partial charge on any atom is 0.378 e. The van der Waals surface area contributed by atoms with E-state index in [1.165, 1.54) is 0 Å². The van der Waals surface area contributed by atoms with Crippen LogP contribution in [0.2, 0.25) is 0 Å². The number of carbonyl (C=O) groups excluding carboxylic acids is 1. The minimum atomic E-state index is -1.56. The Morgan fingerprint density at radius 1 is 1.24 bits per heavy atom. The highest BCUT2D eigenvalue weighted by Gasteiger charge is 2.47. The number of rotatable bonds is 5. The fourth-order valence-corrected chi connectivity index (χ4v) is 2.00. The molecule has 0 aromatic heterocycles. The normalized spacial score (nSPS) is 37.8. The fourth-order valence-electron chi connectivity index (χ4n) is 2.00. The van der Waals surface area contributed by atoms with Gasteiger partial charge in [-0.1, -0.05) is 0 Å². The van der Waals surface area contributed by atoms with E-state index >= 15 is 0 Å². The molecule has 120 valence electrons. The molecule has 0 aliphatic carbocycles. The van der Waals surface area contributed by atoms with E-state index in [-0.39, 0.29) is 0 Å². The first-order valence-corrected chi connectivity index (χ1v) is 6.12. The van der Waals surface area contributed by atoms with Crippen LogP contribution < -0.4 is 0 Å². The third-order valence-corrected chi connectivity index (χ3v) is 3.19. The molecule has 0 unspecified atom stereocenters. The molecule has 10 heteroatoms. The van der Waals surface area contributed by atoms with Gasteiger partial charge in [-0.05, 0) is 0 Å². The smallest absolute Gasteiger partial charge is 0.378 e. The third-order valence-electron chi connectivity index (χ3n) is 3.19. The molecule has 2 rings (SSSR count). The topological polar surface area (TPSA) is 166 Å². The van der Waals surface area contributed by atoms with Crippen LogP contribution in [-0.2, 0) is 19.0 Å². The average Bonchev–Trinajstić information content (AvgIpc) is 2.91. The largest absolute Gasteiger partial charge is 0.505 e. The van der Waals surface area contributed by atoms with Crippen LogP contribution in [0.4, 0.5) is 0 Å². The summed E-state index contributed by atoms with van der Waals surface area (Å²) in [5, 5.41) is 56.0. The molecule has 0 aromatic rings. The van der Waals surface area contributed by atoms with Crippen molar-refractivity contribution in [1.82, 2.24) is 0 Å². The van der Waals surface area contributed by atoms with Crippen molar-refractivity contribution in [3.8, 4) is 0 Å². The molecular weight excluding hydrogens is 292 g/mol. The Hall–Kier alpha value is -1.43. The van der Waals surface area contributed by atoms with Crippen LogP contribution in [0.5, 0.6) is 0 Å². The lowest BCUT2D eigenvalue weighted by Crippen LogP contribution is -2.34. The number of hydrogen-bond acceptors (Lipinski definition) is 10. The number of aliphatic hydroxyl groups is 6. The average molecular weight is 308 g/mol. The van der Waals surface area contributed by atoms with Gasteiger partial charge in [0.25, 0.3) is 0 Å². The number of aliphatic hydroxyl groups excluding tert-OH is 6. The summed E-state index contributed by atoms with van der Waals surface area (Å²) in [6.45, 7) is -1.34. The summed E-state index contributed by atoms with van der Waals surface area (Å²) in [6, 6.07) is 0. The second-order valence-corrected chi connectivity index (χ2v) is 4.61. The monoisotopic (exact) mass is 308 g/mol. The predicted octanol–water partition coefficient (Wildman–Crippen LogP) is -3.51. The van der Waals surface area contributed by atoms with E-state index < -0.39 is 67.5 Å². The van der Waals surface area contributed by atoms with Crippen molar-refractivity contribution in [1.29, 1.82) is 0 Å². The molecule has 0 aromatic carbocycles. The Labute approximate surface area is 118 Å². The highest BCUT2D eigenvalue weighted by Crippen LogP contribution is 2.29. The molecule has 21 heavy (non-hydrogen) atoms. The molecule has 0 spiro atoms. The molecule has 6 N–H and O–H groups in total. The summed E-state index contributed by atoms with van der Waals surface area (Å²) < 4.78 is 14.6. The molecule has 1 saturated heterocycles. The lowest BCUT2D eigenvalue weighted by Gasteiger charge is -2.16.